The molecule has 0 heterocycles. The summed E-state index contributed by atoms with van der Waals surface area (Å²) in [7, 11) is 0. The average molecular weight is 220 g/mol. The molecule has 0 saturated heterocycles. The highest BCUT2D eigenvalue weighted by molar-refractivity contribution is 5.94. The van der Waals surface area contributed by atoms with Gasteiger partial charge < -0.3 is 0 Å². The summed E-state index contributed by atoms with van der Waals surface area (Å²) in [5.41, 5.74) is 2.04. The van der Waals surface area contributed by atoms with Crippen molar-refractivity contribution in [2.75, 3.05) is 0 Å². The molecule has 0 bridgehead atoms. The molecular formula is C15H24O. The van der Waals surface area contributed by atoms with E-state index in [9.17, 15) is 4.79 Å². The van der Waals surface area contributed by atoms with Crippen molar-refractivity contribution in [3.05, 3.63) is 24.3 Å². The standard InChI is InChI=1S/C15H24O/c1-11(2)13(16)10-15(6)9-7-8-14(4,5)12(15)3/h1,3,7-10H2,2,4-6H3/t15-/m1/s1. The van der Waals surface area contributed by atoms with Crippen molar-refractivity contribution in [3.8, 4) is 0 Å². The molecule has 0 N–H and O–H groups in total. The zero-order chi connectivity index (χ0) is 12.6. The summed E-state index contributed by atoms with van der Waals surface area (Å²) in [6.45, 7) is 16.4. The summed E-state index contributed by atoms with van der Waals surface area (Å²) in [4.78, 5) is 11.8. The molecule has 0 aliphatic heterocycles. The Kier molecular flexibility index (Phi) is 3.47. The van der Waals surface area contributed by atoms with Crippen LogP contribution in [-0.2, 0) is 4.79 Å². The molecule has 0 aromatic rings. The van der Waals surface area contributed by atoms with Gasteiger partial charge in [-0.05, 0) is 36.2 Å². The van der Waals surface area contributed by atoms with Crippen molar-refractivity contribution in [2.24, 2.45) is 10.8 Å². The molecule has 0 spiro atoms. The highest BCUT2D eigenvalue weighted by atomic mass is 16.1. The smallest absolute Gasteiger partial charge is 0.158 e. The molecule has 90 valence electrons. The molecule has 16 heavy (non-hydrogen) atoms. The second-order valence-corrected chi connectivity index (χ2v) is 6.16. The molecule has 0 amide bonds. The number of rotatable bonds is 3. The first kappa shape index (κ1) is 13.2. The third-order valence-corrected chi connectivity index (χ3v) is 4.10. The molecule has 0 radical (unpaired) electrons. The van der Waals surface area contributed by atoms with Crippen LogP contribution >= 0.6 is 0 Å². The maximum atomic E-state index is 11.8. The summed E-state index contributed by atoms with van der Waals surface area (Å²) >= 11 is 0. The molecule has 1 atom stereocenters. The zero-order valence-corrected chi connectivity index (χ0v) is 11.2. The Labute approximate surface area is 99.6 Å². The zero-order valence-electron chi connectivity index (χ0n) is 11.2. The minimum absolute atomic E-state index is 0.0300. The maximum Gasteiger partial charge on any atom is 0.158 e. The van der Waals surface area contributed by atoms with Gasteiger partial charge in [-0.3, -0.25) is 4.79 Å². The van der Waals surface area contributed by atoms with E-state index in [0.717, 1.165) is 6.42 Å². The Bertz CT molecular complexity index is 335. The monoisotopic (exact) mass is 220 g/mol. The molecule has 1 rings (SSSR count). The van der Waals surface area contributed by atoms with Gasteiger partial charge in [0.05, 0.1) is 0 Å². The maximum absolute atomic E-state index is 11.8. The van der Waals surface area contributed by atoms with Crippen molar-refractivity contribution < 1.29 is 4.79 Å². The van der Waals surface area contributed by atoms with Crippen LogP contribution in [0.4, 0.5) is 0 Å². The highest BCUT2D eigenvalue weighted by Gasteiger charge is 2.41. The highest BCUT2D eigenvalue weighted by Crippen LogP contribution is 2.51. The predicted molar refractivity (Wildman–Crippen MR) is 69.3 cm³/mol. The van der Waals surface area contributed by atoms with E-state index in [4.69, 9.17) is 0 Å². The minimum Gasteiger partial charge on any atom is -0.295 e. The number of ketones is 1. The number of carbonyl (C=O) groups is 1. The molecule has 0 aromatic heterocycles. The van der Waals surface area contributed by atoms with Gasteiger partial charge in [0.25, 0.3) is 0 Å². The van der Waals surface area contributed by atoms with Crippen LogP contribution in [0.2, 0.25) is 0 Å². The van der Waals surface area contributed by atoms with Gasteiger partial charge in [0.15, 0.2) is 5.78 Å². The van der Waals surface area contributed by atoms with E-state index in [1.807, 2.05) is 0 Å². The first-order valence-electron chi connectivity index (χ1n) is 6.08. The molecule has 0 unspecified atom stereocenters. The van der Waals surface area contributed by atoms with Crippen LogP contribution in [0.3, 0.4) is 0 Å². The van der Waals surface area contributed by atoms with Gasteiger partial charge in [-0.15, -0.1) is 0 Å². The average Bonchev–Trinajstić information content (AvgIpc) is 2.14. The molecule has 1 fully saturated rings. The van der Waals surface area contributed by atoms with Crippen LogP contribution in [0.1, 0.15) is 53.4 Å². The van der Waals surface area contributed by atoms with E-state index >= 15 is 0 Å². The van der Waals surface area contributed by atoms with Gasteiger partial charge in [-0.1, -0.05) is 45.9 Å². The number of allylic oxidation sites excluding steroid dienone is 2. The summed E-state index contributed by atoms with van der Waals surface area (Å²) in [6.07, 6.45) is 4.02. The number of hydrogen-bond acceptors (Lipinski definition) is 1. The van der Waals surface area contributed by atoms with E-state index in [-0.39, 0.29) is 16.6 Å². The number of Topliss-reactive ketones (excluding diaryl/α,β-unsaturated/α-hetero) is 1. The first-order chi connectivity index (χ1) is 7.19. The first-order valence-corrected chi connectivity index (χ1v) is 6.08. The van der Waals surface area contributed by atoms with Crippen molar-refractivity contribution in [1.29, 1.82) is 0 Å². The SMILES string of the molecule is C=C(C)C(=O)C[C@@]1(C)CCCC(C)(C)C1=C. The van der Waals surface area contributed by atoms with Crippen molar-refractivity contribution in [1.82, 2.24) is 0 Å². The topological polar surface area (TPSA) is 17.1 Å². The molecule has 1 nitrogen and oxygen atoms in total. The van der Waals surface area contributed by atoms with E-state index in [0.29, 0.717) is 12.0 Å². The second kappa shape index (κ2) is 4.20. The van der Waals surface area contributed by atoms with Crippen molar-refractivity contribution >= 4 is 5.78 Å². The van der Waals surface area contributed by atoms with Gasteiger partial charge in [-0.2, -0.15) is 0 Å². The number of carbonyl (C=O) groups excluding carboxylic acids is 1. The molecule has 1 saturated carbocycles. The normalized spacial score (nSPS) is 28.9. The fraction of sp³-hybridized carbons (Fsp3) is 0.667. The lowest BCUT2D eigenvalue weighted by Gasteiger charge is -2.45. The van der Waals surface area contributed by atoms with E-state index in [2.05, 4.69) is 33.9 Å². The largest absolute Gasteiger partial charge is 0.295 e. The molecular weight excluding hydrogens is 196 g/mol. The van der Waals surface area contributed by atoms with Gasteiger partial charge in [0.2, 0.25) is 0 Å². The van der Waals surface area contributed by atoms with Gasteiger partial charge >= 0.3 is 0 Å². The lowest BCUT2D eigenvalue weighted by atomic mass is 9.59. The van der Waals surface area contributed by atoms with Gasteiger partial charge in [-0.25, -0.2) is 0 Å². The van der Waals surface area contributed by atoms with Crippen molar-refractivity contribution in [3.63, 3.8) is 0 Å². The third-order valence-electron chi connectivity index (χ3n) is 4.10. The Hall–Kier alpha value is -0.850. The molecule has 1 aliphatic rings. The van der Waals surface area contributed by atoms with Crippen LogP contribution in [0, 0.1) is 10.8 Å². The van der Waals surface area contributed by atoms with Crippen LogP contribution in [-0.4, -0.2) is 5.78 Å². The third kappa shape index (κ3) is 2.45. The second-order valence-electron chi connectivity index (χ2n) is 6.16. The summed E-state index contributed by atoms with van der Waals surface area (Å²) in [5, 5.41) is 0. The Balaban J connectivity index is 2.88. The lowest BCUT2D eigenvalue weighted by molar-refractivity contribution is -0.117. The predicted octanol–water partition coefficient (Wildman–Crippen LogP) is 4.29. The fourth-order valence-corrected chi connectivity index (χ4v) is 2.74. The lowest BCUT2D eigenvalue weighted by Crippen LogP contribution is -2.35. The van der Waals surface area contributed by atoms with Crippen molar-refractivity contribution in [2.45, 2.75) is 53.4 Å². The van der Waals surface area contributed by atoms with Crippen LogP contribution in [0.5, 0.6) is 0 Å². The summed E-state index contributed by atoms with van der Waals surface area (Å²) in [6, 6.07) is 0. The molecule has 0 aromatic carbocycles. The Morgan fingerprint density at radius 1 is 1.31 bits per heavy atom. The van der Waals surface area contributed by atoms with E-state index in [1.54, 1.807) is 6.92 Å². The van der Waals surface area contributed by atoms with Crippen LogP contribution < -0.4 is 0 Å². The summed E-state index contributed by atoms with van der Waals surface area (Å²) < 4.78 is 0. The Morgan fingerprint density at radius 2 is 1.88 bits per heavy atom. The van der Waals surface area contributed by atoms with Crippen LogP contribution in [0.15, 0.2) is 24.3 Å². The van der Waals surface area contributed by atoms with Gasteiger partial charge in [0.1, 0.15) is 0 Å². The quantitative estimate of drug-likeness (QED) is 0.512. The summed E-state index contributed by atoms with van der Waals surface area (Å²) in [5.74, 6) is 0.182. The van der Waals surface area contributed by atoms with E-state index < -0.39 is 0 Å². The van der Waals surface area contributed by atoms with E-state index in [1.165, 1.54) is 18.4 Å². The minimum atomic E-state index is -0.0300. The number of hydrogen-bond donors (Lipinski definition) is 0. The fourth-order valence-electron chi connectivity index (χ4n) is 2.74. The van der Waals surface area contributed by atoms with Crippen LogP contribution in [0.25, 0.3) is 0 Å². The Morgan fingerprint density at radius 3 is 2.38 bits per heavy atom. The molecule has 1 heteroatoms. The molecule has 1 aliphatic carbocycles. The van der Waals surface area contributed by atoms with Gasteiger partial charge in [0, 0.05) is 6.42 Å².